The molecule has 4 aromatic heterocycles. The van der Waals surface area contributed by atoms with Gasteiger partial charge in [-0.1, -0.05) is 6.07 Å². The molecule has 1 N–H and O–H groups in total. The van der Waals surface area contributed by atoms with E-state index in [1.165, 1.54) is 11.3 Å². The summed E-state index contributed by atoms with van der Waals surface area (Å²) in [6, 6.07) is 5.83. The van der Waals surface area contributed by atoms with E-state index < -0.39 is 0 Å². The number of carbonyl (C=O) groups excluding carboxylic acids is 1. The highest BCUT2D eigenvalue weighted by molar-refractivity contribution is 7.14. The number of nitrogens with one attached hydrogen (secondary N) is 1. The third-order valence-corrected chi connectivity index (χ3v) is 7.34. The minimum atomic E-state index is -0.203. The number of anilines is 1. The minimum Gasteiger partial charge on any atom is -0.373 e. The third-order valence-electron chi connectivity index (χ3n) is 5.64. The van der Waals surface area contributed by atoms with Crippen molar-refractivity contribution in [3.8, 4) is 10.6 Å². The maximum absolute atomic E-state index is 13.4. The third kappa shape index (κ3) is 4.56. The van der Waals surface area contributed by atoms with Gasteiger partial charge in [0.1, 0.15) is 0 Å². The Morgan fingerprint density at radius 2 is 2.03 bits per heavy atom. The number of morpholine rings is 1. The Balaban J connectivity index is 1.40. The van der Waals surface area contributed by atoms with Crippen LogP contribution in [0, 0.1) is 6.92 Å². The lowest BCUT2D eigenvalue weighted by atomic mass is 10.1. The number of carbonyl (C=O) groups is 1. The number of thiazole rings is 1. The molecular weight excluding hydrogens is 456 g/mol. The summed E-state index contributed by atoms with van der Waals surface area (Å²) in [4.78, 5) is 26.2. The number of hydrogen-bond acceptors (Lipinski definition) is 8. The maximum Gasteiger partial charge on any atom is 0.258 e. The minimum absolute atomic E-state index is 0.203. The topological polar surface area (TPSA) is 85.2 Å². The highest BCUT2D eigenvalue weighted by Crippen LogP contribution is 2.30. The molecule has 2 unspecified atom stereocenters. The van der Waals surface area contributed by atoms with Crippen molar-refractivity contribution in [3.63, 3.8) is 0 Å². The quantitative estimate of drug-likeness (QED) is 0.456. The summed E-state index contributed by atoms with van der Waals surface area (Å²) in [5.74, 6) is -0.203. The van der Waals surface area contributed by atoms with Gasteiger partial charge in [-0.25, -0.2) is 9.97 Å². The molecule has 0 saturated carbocycles. The number of fused-ring (bicyclic) bond motifs is 1. The summed E-state index contributed by atoms with van der Waals surface area (Å²) in [6.45, 7) is 8.59. The van der Waals surface area contributed by atoms with Crippen LogP contribution in [0.15, 0.2) is 29.0 Å². The van der Waals surface area contributed by atoms with E-state index >= 15 is 0 Å². The predicted octanol–water partition coefficient (Wildman–Crippen LogP) is 4.32. The SMILES string of the molecule is Cc1nn(C)c2nc(-c3cccs3)cc(C(=O)Nc3nc(CN4CC(C)OC(C)C4)cs3)c12. The molecule has 10 heteroatoms. The first kappa shape index (κ1) is 22.1. The summed E-state index contributed by atoms with van der Waals surface area (Å²) in [7, 11) is 1.85. The van der Waals surface area contributed by atoms with Gasteiger partial charge in [0.2, 0.25) is 0 Å². The molecule has 8 nitrogen and oxygen atoms in total. The van der Waals surface area contributed by atoms with E-state index in [0.717, 1.165) is 47.0 Å². The van der Waals surface area contributed by atoms with Gasteiger partial charge in [-0.15, -0.1) is 22.7 Å². The molecule has 4 aromatic rings. The zero-order valence-corrected chi connectivity index (χ0v) is 20.7. The maximum atomic E-state index is 13.4. The smallest absolute Gasteiger partial charge is 0.258 e. The molecular formula is C23H26N6O2S2. The first-order chi connectivity index (χ1) is 15.9. The number of pyridine rings is 1. The van der Waals surface area contributed by atoms with Gasteiger partial charge in [-0.05, 0) is 38.3 Å². The fraction of sp³-hybridized carbons (Fsp3) is 0.391. The Kier molecular flexibility index (Phi) is 6.00. The Hall–Kier alpha value is -2.66. The van der Waals surface area contributed by atoms with Crippen LogP contribution < -0.4 is 5.32 Å². The summed E-state index contributed by atoms with van der Waals surface area (Å²) < 4.78 is 7.54. The normalized spacial score (nSPS) is 19.3. The lowest BCUT2D eigenvalue weighted by Crippen LogP contribution is -2.44. The van der Waals surface area contributed by atoms with E-state index in [2.05, 4.69) is 34.1 Å². The van der Waals surface area contributed by atoms with E-state index in [-0.39, 0.29) is 18.1 Å². The van der Waals surface area contributed by atoms with Crippen LogP contribution in [0.25, 0.3) is 21.6 Å². The molecule has 0 aliphatic carbocycles. The summed E-state index contributed by atoms with van der Waals surface area (Å²) >= 11 is 3.04. The largest absolute Gasteiger partial charge is 0.373 e. The molecule has 1 saturated heterocycles. The lowest BCUT2D eigenvalue weighted by molar-refractivity contribution is -0.0707. The van der Waals surface area contributed by atoms with Crippen molar-refractivity contribution >= 4 is 44.7 Å². The van der Waals surface area contributed by atoms with Gasteiger partial charge in [0.05, 0.1) is 45.1 Å². The van der Waals surface area contributed by atoms with Crippen LogP contribution in [0.5, 0.6) is 0 Å². The van der Waals surface area contributed by atoms with Gasteiger partial charge in [-0.2, -0.15) is 5.10 Å². The number of nitrogens with zero attached hydrogens (tertiary/aromatic N) is 5. The number of amides is 1. The second-order valence-corrected chi connectivity index (χ2v) is 10.3. The number of ether oxygens (including phenoxy) is 1. The Morgan fingerprint density at radius 1 is 1.24 bits per heavy atom. The molecule has 1 fully saturated rings. The van der Waals surface area contributed by atoms with Crippen LogP contribution in [-0.2, 0) is 18.3 Å². The number of hydrogen-bond donors (Lipinski definition) is 1. The van der Waals surface area contributed by atoms with Crippen LogP contribution in [0.4, 0.5) is 5.13 Å². The Labute approximate surface area is 200 Å². The average molecular weight is 483 g/mol. The van der Waals surface area contributed by atoms with Crippen molar-refractivity contribution in [1.82, 2.24) is 24.6 Å². The summed E-state index contributed by atoms with van der Waals surface area (Å²) in [6.07, 6.45) is 0.418. The summed E-state index contributed by atoms with van der Waals surface area (Å²) in [5, 5.41) is 12.9. The first-order valence-corrected chi connectivity index (χ1v) is 12.6. The highest BCUT2D eigenvalue weighted by atomic mass is 32.1. The molecule has 5 heterocycles. The van der Waals surface area contributed by atoms with Crippen LogP contribution in [0.2, 0.25) is 0 Å². The predicted molar refractivity (Wildman–Crippen MR) is 132 cm³/mol. The van der Waals surface area contributed by atoms with Gasteiger partial charge < -0.3 is 4.74 Å². The average Bonchev–Trinajstić information content (AvgIpc) is 3.49. The molecule has 1 aliphatic rings. The molecule has 1 amide bonds. The second kappa shape index (κ2) is 8.94. The second-order valence-electron chi connectivity index (χ2n) is 8.49. The van der Waals surface area contributed by atoms with Crippen molar-refractivity contribution in [1.29, 1.82) is 0 Å². The van der Waals surface area contributed by atoms with E-state index in [1.807, 2.05) is 42.9 Å². The zero-order valence-electron chi connectivity index (χ0n) is 19.0. The molecule has 5 rings (SSSR count). The lowest BCUT2D eigenvalue weighted by Gasteiger charge is -2.34. The Morgan fingerprint density at radius 3 is 2.76 bits per heavy atom. The molecule has 0 spiro atoms. The van der Waals surface area contributed by atoms with Crippen molar-refractivity contribution in [3.05, 3.63) is 45.9 Å². The fourth-order valence-electron chi connectivity index (χ4n) is 4.42. The van der Waals surface area contributed by atoms with E-state index in [0.29, 0.717) is 16.3 Å². The van der Waals surface area contributed by atoms with Gasteiger partial charge in [0.25, 0.3) is 5.91 Å². The number of thiophene rings is 1. The number of aromatic nitrogens is 4. The van der Waals surface area contributed by atoms with Crippen LogP contribution in [-0.4, -0.2) is 55.9 Å². The molecule has 0 radical (unpaired) electrons. The first-order valence-electron chi connectivity index (χ1n) is 10.9. The molecule has 1 aliphatic heterocycles. The van der Waals surface area contributed by atoms with Crippen LogP contribution >= 0.6 is 22.7 Å². The van der Waals surface area contributed by atoms with Crippen molar-refractivity contribution in [2.45, 2.75) is 39.5 Å². The van der Waals surface area contributed by atoms with Crippen molar-refractivity contribution < 1.29 is 9.53 Å². The molecule has 172 valence electrons. The van der Waals surface area contributed by atoms with E-state index in [4.69, 9.17) is 9.72 Å². The van der Waals surface area contributed by atoms with Crippen LogP contribution in [0.3, 0.4) is 0 Å². The van der Waals surface area contributed by atoms with Gasteiger partial charge in [-0.3, -0.25) is 19.7 Å². The van der Waals surface area contributed by atoms with Gasteiger partial charge in [0.15, 0.2) is 10.8 Å². The standard InChI is InChI=1S/C23H26N6O2S2/c1-13-9-29(10-14(2)31-13)11-16-12-33-23(24-16)26-22(30)17-8-18(19-6-5-7-32-19)25-21-20(17)15(3)27-28(21)4/h5-8,12-14H,9-11H2,1-4H3,(H,24,26,30). The summed E-state index contributed by atoms with van der Waals surface area (Å²) in [5.41, 5.74) is 3.74. The van der Waals surface area contributed by atoms with E-state index in [9.17, 15) is 4.79 Å². The molecule has 2 atom stereocenters. The zero-order chi connectivity index (χ0) is 23.1. The van der Waals surface area contributed by atoms with Crippen molar-refractivity contribution in [2.24, 2.45) is 7.05 Å². The van der Waals surface area contributed by atoms with Gasteiger partial charge in [0, 0.05) is 32.1 Å². The Bertz CT molecular complexity index is 1290. The highest BCUT2D eigenvalue weighted by Gasteiger charge is 2.24. The van der Waals surface area contributed by atoms with Crippen LogP contribution in [0.1, 0.15) is 35.6 Å². The molecule has 33 heavy (non-hydrogen) atoms. The monoisotopic (exact) mass is 482 g/mol. The molecule has 0 bridgehead atoms. The molecule has 0 aromatic carbocycles. The van der Waals surface area contributed by atoms with Gasteiger partial charge >= 0.3 is 0 Å². The van der Waals surface area contributed by atoms with Crippen molar-refractivity contribution in [2.75, 3.05) is 18.4 Å². The fourth-order valence-corrected chi connectivity index (χ4v) is 5.80. The number of rotatable bonds is 5. The number of aryl methyl sites for hydroxylation is 2. The van der Waals surface area contributed by atoms with E-state index in [1.54, 1.807) is 16.0 Å².